The third-order valence-electron chi connectivity index (χ3n) is 0. The zero-order valence-electron chi connectivity index (χ0n) is 2.50. The highest BCUT2D eigenvalue weighted by molar-refractivity contribution is 4.36. The van der Waals surface area contributed by atoms with Crippen LogP contribution in [0.3, 0.4) is 0 Å². The van der Waals surface area contributed by atoms with E-state index in [2.05, 4.69) is 5.90 Å². The second-order valence-electron chi connectivity index (χ2n) is 0.0894. The molecule has 0 aliphatic carbocycles. The number of nitrogens with zero attached hydrogens (tertiary/aromatic N) is 3. The summed E-state index contributed by atoms with van der Waals surface area (Å²) in [4.78, 5) is 1.50. The highest BCUT2D eigenvalue weighted by atomic mass is 16.4. The first kappa shape index (κ1) is 8.87. The first-order valence-electron chi connectivity index (χ1n) is 0.716. The molecule has 5 nitrogen and oxygen atoms in total. The highest BCUT2D eigenvalue weighted by Gasteiger charge is 0.781. The van der Waals surface area contributed by atoms with Gasteiger partial charge in [0.25, 0.3) is 0 Å². The maximum Gasteiger partial charge on any atom is -0.216 e. The summed E-state index contributed by atoms with van der Waals surface area (Å²) in [7, 11) is 0. The van der Waals surface area contributed by atoms with Crippen LogP contribution in [-0.2, 0) is 0 Å². The van der Waals surface area contributed by atoms with E-state index in [1.165, 1.54) is 4.91 Å². The lowest BCUT2D eigenvalue weighted by molar-refractivity contribution is -0.670. The Bertz CT molecular complexity index is 24.6. The molecule has 4 N–H and O–H groups in total. The predicted molar refractivity (Wildman–Crippen MR) is 14.8 cm³/mol. The summed E-state index contributed by atoms with van der Waals surface area (Å²) in [5, 5.41) is 6.75. The fourth-order valence-electron chi connectivity index (χ4n) is 0. The largest absolute Gasteiger partial charge is 0.373 e. The zero-order chi connectivity index (χ0) is 4.71. The molecule has 0 aromatic carbocycles. The lowest BCUT2D eigenvalue weighted by Gasteiger charge is -1.31. The van der Waals surface area contributed by atoms with Crippen LogP contribution in [0.15, 0.2) is 0 Å². The van der Waals surface area contributed by atoms with Gasteiger partial charge in [-0.1, -0.05) is 0 Å². The van der Waals surface area contributed by atoms with E-state index in [4.69, 9.17) is 16.3 Å². The highest BCUT2D eigenvalue weighted by Crippen LogP contribution is 1.29. The van der Waals surface area contributed by atoms with E-state index in [0.29, 0.717) is 0 Å². The molecule has 0 heterocycles. The smallest absolute Gasteiger partial charge is 0.216 e. The number of hydrogen-bond donors (Lipinski definition) is 2. The van der Waals surface area contributed by atoms with Crippen LogP contribution in [0.5, 0.6) is 0 Å². The van der Waals surface area contributed by atoms with Gasteiger partial charge in [-0.3, -0.25) is 4.91 Å². The third-order valence-corrected chi connectivity index (χ3v) is 0. The molecular weight excluding hydrogens is 72.0 g/mol. The van der Waals surface area contributed by atoms with Gasteiger partial charge in [-0.25, -0.2) is 11.1 Å². The number of rotatable bonds is 0. The Hall–Kier alpha value is -0.770. The summed E-state index contributed by atoms with van der Waals surface area (Å²) in [5.41, 5.74) is 13.5. The maximum absolute atomic E-state index is 6.75. The van der Waals surface area contributed by atoms with Crippen molar-refractivity contribution in [2.75, 3.05) is 0 Å². The van der Waals surface area contributed by atoms with Crippen LogP contribution in [0.4, 0.5) is 0 Å². The molecule has 0 saturated carbocycles. The molecule has 0 radical (unpaired) electrons. The van der Waals surface area contributed by atoms with Gasteiger partial charge in [-0.05, 0) is 0 Å². The predicted octanol–water partition coefficient (Wildman–Crippen LogP) is -0.516. The van der Waals surface area contributed by atoms with Crippen LogP contribution in [0, 0.1) is 0 Å². The van der Waals surface area contributed by atoms with Gasteiger partial charge in [-0.15, -0.1) is 0 Å². The van der Waals surface area contributed by atoms with Crippen molar-refractivity contribution in [3.05, 3.63) is 16.0 Å². The van der Waals surface area contributed by atoms with Gasteiger partial charge >= 0.3 is 0 Å². The Kier molecular flexibility index (Phi) is 539. The molecule has 0 aliphatic rings. The van der Waals surface area contributed by atoms with Crippen molar-refractivity contribution in [1.29, 1.82) is 0 Å². The molecule has 5 heavy (non-hydrogen) atoms. The van der Waals surface area contributed by atoms with Crippen LogP contribution >= 0.6 is 0 Å². The van der Waals surface area contributed by atoms with Gasteiger partial charge in [0, 0.05) is 0 Å². The lowest BCUT2D eigenvalue weighted by Crippen LogP contribution is -2.42. The van der Waals surface area contributed by atoms with Crippen LogP contribution in [0.1, 0.15) is 0 Å². The normalized spacial score (nSPS) is 2.80. The lowest BCUT2D eigenvalue weighted by atomic mass is 13.0. The van der Waals surface area contributed by atoms with Gasteiger partial charge in [-0.2, -0.15) is 0 Å². The summed E-state index contributed by atoms with van der Waals surface area (Å²) < 4.78 is 0. The molecule has 0 aromatic heterocycles. The van der Waals surface area contributed by atoms with Crippen LogP contribution in [0.25, 0.3) is 16.0 Å². The summed E-state index contributed by atoms with van der Waals surface area (Å²) in [5.74, 6) is 2.25. The number of quaternary nitrogens is 1. The third kappa shape index (κ3) is 8.24. The Morgan fingerprint density at radius 3 is 1.40 bits per heavy atom. The second-order valence-corrected chi connectivity index (χ2v) is 0.0894. The van der Waals surface area contributed by atoms with Crippen molar-refractivity contribution in [1.82, 2.24) is 0 Å². The van der Waals surface area contributed by atoms with Gasteiger partial charge in [0.15, 0.2) is 0 Å². The fraction of sp³-hybridized carbons (Fsp3) is 0. The SMILES string of the molecule is [N-]=[N+]=[N-].[NH3+]O. The minimum absolute atomic E-state index is 1.50. The van der Waals surface area contributed by atoms with E-state index in [0.717, 1.165) is 0 Å². The quantitative estimate of drug-likeness (QED) is 0.172. The molecule has 0 saturated heterocycles. The van der Waals surface area contributed by atoms with Gasteiger partial charge in [0.2, 0.25) is 0 Å². The van der Waals surface area contributed by atoms with Crippen molar-refractivity contribution in [3.63, 3.8) is 0 Å². The molecule has 0 fully saturated rings. The second kappa shape index (κ2) is 304. The summed E-state index contributed by atoms with van der Waals surface area (Å²) in [6, 6.07) is 0. The summed E-state index contributed by atoms with van der Waals surface area (Å²) in [6.07, 6.45) is 0. The van der Waals surface area contributed by atoms with E-state index < -0.39 is 0 Å². The Balaban J connectivity index is 0. The molecule has 30 valence electrons. The first-order chi connectivity index (χ1) is 2.41. The Morgan fingerprint density at radius 1 is 1.40 bits per heavy atom. The molecule has 0 spiro atoms. The topological polar surface area (TPSA) is 107 Å². The van der Waals surface area contributed by atoms with E-state index in [-0.39, 0.29) is 0 Å². The van der Waals surface area contributed by atoms with Crippen molar-refractivity contribution in [3.8, 4) is 0 Å². The minimum Gasteiger partial charge on any atom is -0.373 e. The molecule has 0 unspecified atom stereocenters. The van der Waals surface area contributed by atoms with E-state index in [9.17, 15) is 0 Å². The average molecular weight is 76.1 g/mol. The van der Waals surface area contributed by atoms with Gasteiger partial charge in [0.1, 0.15) is 0 Å². The standard InChI is InChI=1S/N3.H4NO/c1-3-2;1-2/h;2H,1H3/q-1;+1. The van der Waals surface area contributed by atoms with E-state index in [1.807, 2.05) is 0 Å². The Labute approximate surface area is 28.4 Å². The van der Waals surface area contributed by atoms with Crippen molar-refractivity contribution in [2.45, 2.75) is 0 Å². The summed E-state index contributed by atoms with van der Waals surface area (Å²) >= 11 is 0. The van der Waals surface area contributed by atoms with Crippen LogP contribution in [-0.4, -0.2) is 5.21 Å². The summed E-state index contributed by atoms with van der Waals surface area (Å²) in [6.45, 7) is 0. The number of hydrogen-bond acceptors (Lipinski definition) is 1. The molecule has 0 bridgehead atoms. The molecule has 0 amide bonds. The monoisotopic (exact) mass is 76.0 g/mol. The molecule has 0 aromatic rings. The van der Waals surface area contributed by atoms with Gasteiger partial charge < -0.3 is 11.1 Å². The minimum atomic E-state index is 1.50. The molecule has 0 rings (SSSR count). The fourth-order valence-corrected chi connectivity index (χ4v) is 0. The molecule has 0 atom stereocenters. The van der Waals surface area contributed by atoms with Crippen molar-refractivity contribution >= 4 is 0 Å². The van der Waals surface area contributed by atoms with Crippen LogP contribution < -0.4 is 5.90 Å². The first-order valence-corrected chi connectivity index (χ1v) is 0.716. The Morgan fingerprint density at radius 2 is 1.40 bits per heavy atom. The van der Waals surface area contributed by atoms with Gasteiger partial charge in [0.05, 0.1) is 0 Å². The van der Waals surface area contributed by atoms with E-state index in [1.54, 1.807) is 0 Å². The molecule has 5 heteroatoms. The molecule has 0 aliphatic heterocycles. The van der Waals surface area contributed by atoms with Crippen molar-refractivity contribution < 1.29 is 11.1 Å². The van der Waals surface area contributed by atoms with Crippen molar-refractivity contribution in [2.24, 2.45) is 0 Å². The zero-order valence-corrected chi connectivity index (χ0v) is 2.50. The van der Waals surface area contributed by atoms with Crippen LogP contribution in [0.2, 0.25) is 0 Å². The van der Waals surface area contributed by atoms with E-state index >= 15 is 0 Å². The maximum atomic E-state index is 6.75. The molecular formula is H4N4O. The average Bonchev–Trinajstić information content (AvgIpc) is 1.46.